The van der Waals surface area contributed by atoms with E-state index < -0.39 is 17.4 Å². The van der Waals surface area contributed by atoms with Crippen LogP contribution in [0, 0.1) is 11.4 Å². The van der Waals surface area contributed by atoms with Gasteiger partial charge >= 0.3 is 0 Å². The van der Waals surface area contributed by atoms with Crippen LogP contribution in [0.4, 0.5) is 4.39 Å². The van der Waals surface area contributed by atoms with Crippen molar-refractivity contribution < 1.29 is 14.0 Å². The van der Waals surface area contributed by atoms with Crippen molar-refractivity contribution >= 4 is 11.8 Å². The third kappa shape index (κ3) is 4.38. The van der Waals surface area contributed by atoms with Crippen LogP contribution in [-0.4, -0.2) is 29.9 Å². The number of carbonyl (C=O) groups excluding carboxylic acids is 2. The van der Waals surface area contributed by atoms with Crippen LogP contribution in [0.5, 0.6) is 0 Å². The first-order valence-electron chi connectivity index (χ1n) is 9.49. The van der Waals surface area contributed by atoms with Crippen molar-refractivity contribution in [3.05, 3.63) is 53.6 Å². The summed E-state index contributed by atoms with van der Waals surface area (Å²) in [6.07, 6.45) is 3.70. The Labute approximate surface area is 164 Å². The van der Waals surface area contributed by atoms with Crippen LogP contribution in [0.3, 0.4) is 0 Å². The fourth-order valence-corrected chi connectivity index (χ4v) is 3.27. The molecular formula is C22H26FN3O2. The molecule has 148 valence electrons. The molecule has 1 atom stereocenters. The fraction of sp³-hybridized carbons (Fsp3) is 0.409. The molecule has 2 aromatic rings. The lowest BCUT2D eigenvalue weighted by Crippen LogP contribution is -2.52. The van der Waals surface area contributed by atoms with Gasteiger partial charge in [-0.2, -0.15) is 4.39 Å². The van der Waals surface area contributed by atoms with E-state index in [1.807, 2.05) is 32.9 Å². The van der Waals surface area contributed by atoms with E-state index in [9.17, 15) is 14.0 Å². The van der Waals surface area contributed by atoms with Gasteiger partial charge in [-0.1, -0.05) is 26.8 Å². The highest BCUT2D eigenvalue weighted by Gasteiger charge is 2.33. The Bertz CT molecular complexity index is 884. The summed E-state index contributed by atoms with van der Waals surface area (Å²) in [6, 6.07) is 7.88. The van der Waals surface area contributed by atoms with Gasteiger partial charge in [0, 0.05) is 24.4 Å². The second-order valence-corrected chi connectivity index (χ2v) is 8.33. The number of nitrogens with one attached hydrogen (secondary N) is 2. The molecule has 2 amide bonds. The Balaban J connectivity index is 1.93. The number of pyridine rings is 1. The molecule has 0 saturated heterocycles. The third-order valence-corrected chi connectivity index (χ3v) is 5.02. The van der Waals surface area contributed by atoms with Gasteiger partial charge in [-0.25, -0.2) is 4.98 Å². The highest BCUT2D eigenvalue weighted by Crippen LogP contribution is 2.44. The number of aromatic nitrogens is 1. The number of benzene rings is 1. The topological polar surface area (TPSA) is 71.1 Å². The first-order valence-corrected chi connectivity index (χ1v) is 9.49. The molecule has 1 aliphatic carbocycles. The molecular weight excluding hydrogens is 357 g/mol. The number of carbonyl (C=O) groups is 2. The van der Waals surface area contributed by atoms with E-state index in [0.29, 0.717) is 11.5 Å². The zero-order valence-corrected chi connectivity index (χ0v) is 16.7. The largest absolute Gasteiger partial charge is 0.357 e. The van der Waals surface area contributed by atoms with Gasteiger partial charge in [-0.3, -0.25) is 9.59 Å². The van der Waals surface area contributed by atoms with E-state index in [1.165, 1.54) is 12.3 Å². The Morgan fingerprint density at radius 1 is 1.18 bits per heavy atom. The van der Waals surface area contributed by atoms with Crippen molar-refractivity contribution in [3.8, 4) is 11.1 Å². The zero-order valence-electron chi connectivity index (χ0n) is 16.7. The lowest BCUT2D eigenvalue weighted by atomic mass is 9.86. The summed E-state index contributed by atoms with van der Waals surface area (Å²) in [5.74, 6) is -0.629. The quantitative estimate of drug-likeness (QED) is 0.774. The van der Waals surface area contributed by atoms with Crippen LogP contribution in [-0.2, 0) is 4.79 Å². The molecule has 28 heavy (non-hydrogen) atoms. The second-order valence-electron chi connectivity index (χ2n) is 8.33. The van der Waals surface area contributed by atoms with E-state index in [1.54, 1.807) is 19.2 Å². The number of nitrogens with zero attached hydrogens (tertiary/aromatic N) is 1. The summed E-state index contributed by atoms with van der Waals surface area (Å²) in [5, 5.41) is 5.46. The molecule has 1 aromatic heterocycles. The standard InChI is InChI=1S/C22H26FN3O2/c1-22(2,3)19(21(28)24-4)26-20(27)14-7-9-16(13-5-6-13)17(11-14)15-8-10-18(23)25-12-15/h7-13,19H,5-6H2,1-4H3,(H,24,28)(H,26,27)/t19-/m1/s1. The van der Waals surface area contributed by atoms with Crippen LogP contribution in [0.15, 0.2) is 36.5 Å². The molecule has 1 saturated carbocycles. The van der Waals surface area contributed by atoms with Crippen molar-refractivity contribution in [2.75, 3.05) is 7.05 Å². The molecule has 3 rings (SSSR count). The average molecular weight is 383 g/mol. The molecule has 0 aliphatic heterocycles. The molecule has 6 heteroatoms. The van der Waals surface area contributed by atoms with Crippen LogP contribution in [0.1, 0.15) is 55.5 Å². The van der Waals surface area contributed by atoms with E-state index >= 15 is 0 Å². The molecule has 0 bridgehead atoms. The monoisotopic (exact) mass is 383 g/mol. The Morgan fingerprint density at radius 3 is 2.43 bits per heavy atom. The number of likely N-dealkylation sites (N-methyl/N-ethyl adjacent to an activating group) is 1. The maximum atomic E-state index is 13.2. The summed E-state index contributed by atoms with van der Waals surface area (Å²) >= 11 is 0. The molecule has 0 radical (unpaired) electrons. The van der Waals surface area contributed by atoms with Gasteiger partial charge in [0.1, 0.15) is 6.04 Å². The summed E-state index contributed by atoms with van der Waals surface area (Å²) in [5.41, 5.74) is 2.82. The van der Waals surface area contributed by atoms with Crippen molar-refractivity contribution in [1.29, 1.82) is 0 Å². The normalized spacial score (nSPS) is 15.0. The van der Waals surface area contributed by atoms with Crippen LogP contribution in [0.25, 0.3) is 11.1 Å². The van der Waals surface area contributed by atoms with E-state index in [2.05, 4.69) is 15.6 Å². The zero-order chi connectivity index (χ0) is 20.5. The predicted molar refractivity (Wildman–Crippen MR) is 106 cm³/mol. The van der Waals surface area contributed by atoms with Crippen LogP contribution >= 0.6 is 0 Å². The Hall–Kier alpha value is -2.76. The van der Waals surface area contributed by atoms with Gasteiger partial charge in [0.2, 0.25) is 11.9 Å². The highest BCUT2D eigenvalue weighted by molar-refractivity contribution is 5.99. The van der Waals surface area contributed by atoms with Gasteiger partial charge in [-0.15, -0.1) is 0 Å². The Morgan fingerprint density at radius 2 is 1.89 bits per heavy atom. The first kappa shape index (κ1) is 20.0. The van der Waals surface area contributed by atoms with Gasteiger partial charge < -0.3 is 10.6 Å². The number of rotatable bonds is 5. The van der Waals surface area contributed by atoms with E-state index in [4.69, 9.17) is 0 Å². The highest BCUT2D eigenvalue weighted by atomic mass is 19.1. The molecule has 5 nitrogen and oxygen atoms in total. The first-order chi connectivity index (χ1) is 13.2. The molecule has 1 aromatic carbocycles. The maximum Gasteiger partial charge on any atom is 0.251 e. The minimum Gasteiger partial charge on any atom is -0.357 e. The molecule has 2 N–H and O–H groups in total. The third-order valence-electron chi connectivity index (χ3n) is 5.02. The predicted octanol–water partition coefficient (Wildman–Crippen LogP) is 3.66. The lowest BCUT2D eigenvalue weighted by molar-refractivity contribution is -0.124. The smallest absolute Gasteiger partial charge is 0.251 e. The number of hydrogen-bond donors (Lipinski definition) is 2. The van der Waals surface area contributed by atoms with Crippen molar-refractivity contribution in [2.24, 2.45) is 5.41 Å². The molecule has 1 heterocycles. The van der Waals surface area contributed by atoms with Crippen molar-refractivity contribution in [1.82, 2.24) is 15.6 Å². The van der Waals surface area contributed by atoms with Crippen LogP contribution < -0.4 is 10.6 Å². The van der Waals surface area contributed by atoms with E-state index in [0.717, 1.165) is 29.5 Å². The summed E-state index contributed by atoms with van der Waals surface area (Å²) in [7, 11) is 1.55. The minimum atomic E-state index is -0.663. The molecule has 1 aliphatic rings. The number of hydrogen-bond acceptors (Lipinski definition) is 3. The molecule has 0 spiro atoms. The summed E-state index contributed by atoms with van der Waals surface area (Å²) < 4.78 is 13.2. The van der Waals surface area contributed by atoms with Gasteiger partial charge in [-0.05, 0) is 59.6 Å². The molecule has 1 fully saturated rings. The maximum absolute atomic E-state index is 13.2. The van der Waals surface area contributed by atoms with Crippen molar-refractivity contribution in [2.45, 2.75) is 45.6 Å². The number of halogens is 1. The van der Waals surface area contributed by atoms with Gasteiger partial charge in [0.15, 0.2) is 0 Å². The van der Waals surface area contributed by atoms with Gasteiger partial charge in [0.05, 0.1) is 0 Å². The summed E-state index contributed by atoms with van der Waals surface area (Å²) in [6.45, 7) is 5.71. The van der Waals surface area contributed by atoms with Crippen LogP contribution in [0.2, 0.25) is 0 Å². The van der Waals surface area contributed by atoms with Crippen molar-refractivity contribution in [3.63, 3.8) is 0 Å². The number of amides is 2. The van der Waals surface area contributed by atoms with Gasteiger partial charge in [0.25, 0.3) is 5.91 Å². The lowest BCUT2D eigenvalue weighted by Gasteiger charge is -2.30. The average Bonchev–Trinajstić information content (AvgIpc) is 3.49. The fourth-order valence-electron chi connectivity index (χ4n) is 3.27. The SMILES string of the molecule is CNC(=O)[C@@H](NC(=O)c1ccc(C2CC2)c(-c2ccc(F)nc2)c1)C(C)(C)C. The Kier molecular flexibility index (Phi) is 5.49. The minimum absolute atomic E-state index is 0.238. The second kappa shape index (κ2) is 7.70. The van der Waals surface area contributed by atoms with E-state index in [-0.39, 0.29) is 11.8 Å². The summed E-state index contributed by atoms with van der Waals surface area (Å²) in [4.78, 5) is 28.9. The molecule has 0 unspecified atom stereocenters.